The molecule has 2 heterocycles. The molecule has 1 amide bonds. The van der Waals surface area contributed by atoms with Gasteiger partial charge in [0.2, 0.25) is 0 Å². The minimum absolute atomic E-state index is 0.0677. The van der Waals surface area contributed by atoms with Gasteiger partial charge in [0.15, 0.2) is 0 Å². The van der Waals surface area contributed by atoms with Gasteiger partial charge in [0, 0.05) is 24.9 Å². The largest absolute Gasteiger partial charge is 0.337 e. The first-order valence-electron chi connectivity index (χ1n) is 7.00. The number of carbonyl (C=O) groups is 1. The Morgan fingerprint density at radius 1 is 1.53 bits per heavy atom. The van der Waals surface area contributed by atoms with Gasteiger partial charge in [-0.15, -0.1) is 11.3 Å². The normalized spacial score (nSPS) is 16.8. The molecule has 0 aliphatic carbocycles. The maximum Gasteiger partial charge on any atom is 0.273 e. The van der Waals surface area contributed by atoms with Crippen LogP contribution in [-0.2, 0) is 6.42 Å². The molecule has 1 aromatic rings. The molecule has 0 bridgehead atoms. The summed E-state index contributed by atoms with van der Waals surface area (Å²) in [6.45, 7) is 6.34. The van der Waals surface area contributed by atoms with Gasteiger partial charge in [-0.3, -0.25) is 4.79 Å². The topological polar surface area (TPSA) is 45.2 Å². The van der Waals surface area contributed by atoms with Crippen LogP contribution in [0, 0.1) is 5.92 Å². The molecule has 1 aromatic heterocycles. The highest BCUT2D eigenvalue weighted by Crippen LogP contribution is 2.18. The lowest BCUT2D eigenvalue weighted by Crippen LogP contribution is -2.44. The third-order valence-corrected chi connectivity index (χ3v) is 4.40. The molecule has 1 aliphatic heterocycles. The molecule has 1 aliphatic rings. The number of rotatable bonds is 4. The van der Waals surface area contributed by atoms with Crippen molar-refractivity contribution in [3.63, 3.8) is 0 Å². The zero-order valence-electron chi connectivity index (χ0n) is 12.0. The maximum absolute atomic E-state index is 12.4. The van der Waals surface area contributed by atoms with Gasteiger partial charge in [0.25, 0.3) is 5.91 Å². The smallest absolute Gasteiger partial charge is 0.273 e. The van der Waals surface area contributed by atoms with Gasteiger partial charge in [-0.1, -0.05) is 13.8 Å². The number of nitrogens with one attached hydrogen (secondary N) is 1. The van der Waals surface area contributed by atoms with Crippen LogP contribution >= 0.6 is 11.3 Å². The molecule has 0 aromatic carbocycles. The summed E-state index contributed by atoms with van der Waals surface area (Å²) >= 11 is 1.60. The summed E-state index contributed by atoms with van der Waals surface area (Å²) in [5, 5.41) is 6.29. The monoisotopic (exact) mass is 281 g/mol. The van der Waals surface area contributed by atoms with Crippen LogP contribution in [-0.4, -0.2) is 42.0 Å². The number of carbonyl (C=O) groups excluding carboxylic acids is 1. The van der Waals surface area contributed by atoms with E-state index in [0.29, 0.717) is 17.7 Å². The van der Waals surface area contributed by atoms with E-state index >= 15 is 0 Å². The van der Waals surface area contributed by atoms with Crippen LogP contribution < -0.4 is 5.32 Å². The third-order valence-electron chi connectivity index (χ3n) is 3.53. The fraction of sp³-hybridized carbons (Fsp3) is 0.714. The fourth-order valence-electron chi connectivity index (χ4n) is 2.39. The van der Waals surface area contributed by atoms with Gasteiger partial charge >= 0.3 is 0 Å². The summed E-state index contributed by atoms with van der Waals surface area (Å²) in [5.74, 6) is 0.648. The molecule has 0 radical (unpaired) electrons. The number of amides is 1. The lowest BCUT2D eigenvalue weighted by molar-refractivity contribution is 0.0698. The van der Waals surface area contributed by atoms with E-state index in [-0.39, 0.29) is 5.91 Å². The van der Waals surface area contributed by atoms with Crippen molar-refractivity contribution in [3.05, 3.63) is 16.1 Å². The number of aromatic nitrogens is 1. The van der Waals surface area contributed by atoms with Crippen molar-refractivity contribution < 1.29 is 4.79 Å². The Balaban J connectivity index is 1.99. The molecule has 4 nitrogen and oxygen atoms in total. The zero-order valence-corrected chi connectivity index (χ0v) is 12.8. The highest BCUT2D eigenvalue weighted by Gasteiger charge is 2.24. The molecule has 0 unspecified atom stereocenters. The van der Waals surface area contributed by atoms with Crippen LogP contribution in [0.15, 0.2) is 5.38 Å². The van der Waals surface area contributed by atoms with Crippen molar-refractivity contribution in [2.45, 2.75) is 39.2 Å². The van der Waals surface area contributed by atoms with E-state index in [9.17, 15) is 4.79 Å². The number of hydrogen-bond donors (Lipinski definition) is 1. The van der Waals surface area contributed by atoms with Crippen LogP contribution in [0.1, 0.15) is 42.2 Å². The van der Waals surface area contributed by atoms with Gasteiger partial charge < -0.3 is 10.2 Å². The van der Waals surface area contributed by atoms with Gasteiger partial charge in [-0.2, -0.15) is 0 Å². The first kappa shape index (κ1) is 14.5. The van der Waals surface area contributed by atoms with Gasteiger partial charge in [-0.05, 0) is 31.8 Å². The van der Waals surface area contributed by atoms with Gasteiger partial charge in [0.1, 0.15) is 5.69 Å². The molecular formula is C14H23N3OS. The second-order valence-corrected chi connectivity index (χ2v) is 6.56. The lowest BCUT2D eigenvalue weighted by atomic mass is 10.1. The first-order chi connectivity index (χ1) is 9.08. The molecule has 2 rings (SSSR count). The Hall–Kier alpha value is -0.940. The molecular weight excluding hydrogens is 258 g/mol. The van der Waals surface area contributed by atoms with E-state index in [1.165, 1.54) is 0 Å². The van der Waals surface area contributed by atoms with Crippen molar-refractivity contribution in [3.8, 4) is 0 Å². The molecule has 0 atom stereocenters. The number of thiazole rings is 1. The third kappa shape index (κ3) is 3.76. The molecule has 1 fully saturated rings. The summed E-state index contributed by atoms with van der Waals surface area (Å²) in [5.41, 5.74) is 0.613. The molecule has 0 saturated carbocycles. The van der Waals surface area contributed by atoms with E-state index in [4.69, 9.17) is 0 Å². The second-order valence-electron chi connectivity index (χ2n) is 5.62. The Morgan fingerprint density at radius 3 is 2.84 bits per heavy atom. The Labute approximate surface area is 119 Å². The maximum atomic E-state index is 12.4. The molecule has 106 valence electrons. The van der Waals surface area contributed by atoms with Crippen molar-refractivity contribution in [1.82, 2.24) is 15.2 Å². The van der Waals surface area contributed by atoms with Crippen LogP contribution in [0.3, 0.4) is 0 Å². The van der Waals surface area contributed by atoms with E-state index in [0.717, 1.165) is 37.4 Å². The van der Waals surface area contributed by atoms with Crippen LogP contribution in [0.2, 0.25) is 0 Å². The quantitative estimate of drug-likeness (QED) is 0.920. The van der Waals surface area contributed by atoms with Gasteiger partial charge in [0.05, 0.1) is 5.01 Å². The highest BCUT2D eigenvalue weighted by molar-refractivity contribution is 7.09. The molecule has 19 heavy (non-hydrogen) atoms. The Morgan fingerprint density at radius 2 is 2.21 bits per heavy atom. The summed E-state index contributed by atoms with van der Waals surface area (Å²) < 4.78 is 0. The summed E-state index contributed by atoms with van der Waals surface area (Å²) in [7, 11) is 1.90. The van der Waals surface area contributed by atoms with Crippen LogP contribution in [0.25, 0.3) is 0 Å². The first-order valence-corrected chi connectivity index (χ1v) is 7.88. The predicted octanol–water partition coefficient (Wildman–Crippen LogP) is 2.17. The van der Waals surface area contributed by atoms with E-state index < -0.39 is 0 Å². The van der Waals surface area contributed by atoms with E-state index in [2.05, 4.69) is 24.1 Å². The van der Waals surface area contributed by atoms with Crippen LogP contribution in [0.4, 0.5) is 0 Å². The number of hydrogen-bond acceptors (Lipinski definition) is 4. The Bertz CT molecular complexity index is 424. The van der Waals surface area contributed by atoms with Crippen molar-refractivity contribution in [2.24, 2.45) is 5.92 Å². The second kappa shape index (κ2) is 6.48. The number of nitrogens with zero attached hydrogens (tertiary/aromatic N) is 2. The van der Waals surface area contributed by atoms with Gasteiger partial charge in [-0.25, -0.2) is 4.98 Å². The minimum Gasteiger partial charge on any atom is -0.337 e. The van der Waals surface area contributed by atoms with Crippen molar-refractivity contribution in [1.29, 1.82) is 0 Å². The summed E-state index contributed by atoms with van der Waals surface area (Å²) in [4.78, 5) is 18.7. The standard InChI is InChI=1S/C14H23N3OS/c1-10(2)8-13-16-12(9-19-13)14(18)17(3)11-4-6-15-7-5-11/h9-11,15H,4-8H2,1-3H3. The number of piperidine rings is 1. The predicted molar refractivity (Wildman–Crippen MR) is 78.6 cm³/mol. The SMILES string of the molecule is CC(C)Cc1nc(C(=O)N(C)C2CCNCC2)cs1. The minimum atomic E-state index is 0.0677. The van der Waals surface area contributed by atoms with Crippen LogP contribution in [0.5, 0.6) is 0 Å². The average molecular weight is 281 g/mol. The molecule has 5 heteroatoms. The van der Waals surface area contributed by atoms with E-state index in [1.807, 2.05) is 17.3 Å². The molecule has 0 spiro atoms. The average Bonchev–Trinajstić information content (AvgIpc) is 2.85. The zero-order chi connectivity index (χ0) is 13.8. The Kier molecular flexibility index (Phi) is 4.93. The van der Waals surface area contributed by atoms with Crippen molar-refractivity contribution in [2.75, 3.05) is 20.1 Å². The lowest BCUT2D eigenvalue weighted by Gasteiger charge is -2.31. The van der Waals surface area contributed by atoms with E-state index in [1.54, 1.807) is 11.3 Å². The molecule has 1 saturated heterocycles. The highest BCUT2D eigenvalue weighted by atomic mass is 32.1. The summed E-state index contributed by atoms with van der Waals surface area (Å²) in [6, 6.07) is 0.351. The summed E-state index contributed by atoms with van der Waals surface area (Å²) in [6.07, 6.45) is 3.02. The molecule has 1 N–H and O–H groups in total. The fourth-order valence-corrected chi connectivity index (χ4v) is 3.37. The van der Waals surface area contributed by atoms with Crippen molar-refractivity contribution >= 4 is 17.2 Å².